The van der Waals surface area contributed by atoms with Crippen molar-refractivity contribution in [3.8, 4) is 0 Å². The topological polar surface area (TPSA) is 75.8 Å². The number of carbonyl (C=O) groups is 1. The molecule has 0 radical (unpaired) electrons. The Balaban J connectivity index is 4.23. The van der Waals surface area contributed by atoms with Crippen molar-refractivity contribution >= 4 is 6.09 Å². The number of rotatable bonds is 4. The summed E-state index contributed by atoms with van der Waals surface area (Å²) >= 11 is 0. The van der Waals surface area contributed by atoms with E-state index in [2.05, 4.69) is 0 Å². The Morgan fingerprint density at radius 3 is 2.40 bits per heavy atom. The van der Waals surface area contributed by atoms with Gasteiger partial charge in [0.05, 0.1) is 12.6 Å². The van der Waals surface area contributed by atoms with Crippen LogP contribution in [0, 0.1) is 0 Å². The number of likely N-dealkylation sites (N-methyl/N-ethyl adjacent to an activating group) is 1. The molecule has 5 nitrogen and oxygen atoms in total. The maximum absolute atomic E-state index is 11.6. The molecule has 0 spiro atoms. The van der Waals surface area contributed by atoms with Gasteiger partial charge in [0.15, 0.2) is 0 Å². The highest BCUT2D eigenvalue weighted by Crippen LogP contribution is 2.09. The van der Waals surface area contributed by atoms with Crippen molar-refractivity contribution in [2.45, 2.75) is 39.4 Å². The highest BCUT2D eigenvalue weighted by Gasteiger charge is 2.22. The first kappa shape index (κ1) is 14.2. The van der Waals surface area contributed by atoms with Crippen molar-refractivity contribution in [1.82, 2.24) is 4.90 Å². The maximum atomic E-state index is 11.6. The third-order valence-corrected chi connectivity index (χ3v) is 1.74. The summed E-state index contributed by atoms with van der Waals surface area (Å²) in [6.07, 6.45) is -1.12. The first-order valence-corrected chi connectivity index (χ1v) is 5.16. The zero-order valence-corrected chi connectivity index (χ0v) is 9.99. The molecule has 0 bridgehead atoms. The highest BCUT2D eigenvalue weighted by molar-refractivity contribution is 5.68. The molecule has 90 valence electrons. The quantitative estimate of drug-likeness (QED) is 0.723. The second-order valence-electron chi connectivity index (χ2n) is 4.41. The molecule has 5 heteroatoms. The van der Waals surface area contributed by atoms with Crippen LogP contribution in [0.4, 0.5) is 4.79 Å². The zero-order chi connectivity index (χ0) is 12.1. The average molecular weight is 218 g/mol. The van der Waals surface area contributed by atoms with E-state index in [1.807, 2.05) is 6.92 Å². The van der Waals surface area contributed by atoms with Gasteiger partial charge in [0.1, 0.15) is 5.60 Å². The van der Waals surface area contributed by atoms with Gasteiger partial charge in [0.2, 0.25) is 0 Å². The van der Waals surface area contributed by atoms with Gasteiger partial charge in [-0.15, -0.1) is 0 Å². The highest BCUT2D eigenvalue weighted by atomic mass is 16.6. The average Bonchev–Trinajstić information content (AvgIpc) is 2.10. The number of carbonyl (C=O) groups excluding carboxylic acids is 1. The van der Waals surface area contributed by atoms with Crippen LogP contribution < -0.4 is 5.73 Å². The molecule has 1 amide bonds. The minimum atomic E-state index is -0.697. The fourth-order valence-corrected chi connectivity index (χ4v) is 0.988. The number of nitrogens with zero attached hydrogens (tertiary/aromatic N) is 1. The van der Waals surface area contributed by atoms with Crippen LogP contribution >= 0.6 is 0 Å². The van der Waals surface area contributed by atoms with E-state index in [4.69, 9.17) is 10.5 Å². The van der Waals surface area contributed by atoms with Crippen LogP contribution in [0.2, 0.25) is 0 Å². The largest absolute Gasteiger partial charge is 0.444 e. The Kier molecular flexibility index (Phi) is 5.60. The third-order valence-electron chi connectivity index (χ3n) is 1.74. The third kappa shape index (κ3) is 6.30. The lowest BCUT2D eigenvalue weighted by molar-refractivity contribution is 0.0167. The molecule has 0 heterocycles. The number of aliphatic hydroxyl groups is 1. The molecular formula is C10H22N2O3. The van der Waals surface area contributed by atoms with Crippen molar-refractivity contribution < 1.29 is 14.6 Å². The van der Waals surface area contributed by atoms with Crippen molar-refractivity contribution in [2.75, 3.05) is 19.6 Å². The minimum Gasteiger partial charge on any atom is -0.444 e. The summed E-state index contributed by atoms with van der Waals surface area (Å²) in [5, 5.41) is 9.33. The van der Waals surface area contributed by atoms with Gasteiger partial charge in [-0.2, -0.15) is 0 Å². The van der Waals surface area contributed by atoms with E-state index in [1.165, 1.54) is 4.90 Å². The molecule has 0 saturated carbocycles. The number of nitrogens with two attached hydrogens (primary N) is 1. The normalized spacial score (nSPS) is 13.5. The monoisotopic (exact) mass is 218 g/mol. The van der Waals surface area contributed by atoms with E-state index in [-0.39, 0.29) is 13.1 Å². The second-order valence-corrected chi connectivity index (χ2v) is 4.41. The first-order valence-electron chi connectivity index (χ1n) is 5.16. The molecule has 0 aromatic heterocycles. The van der Waals surface area contributed by atoms with Crippen LogP contribution in [-0.2, 0) is 4.74 Å². The summed E-state index contributed by atoms with van der Waals surface area (Å²) in [6.45, 7) is 8.08. The minimum absolute atomic E-state index is 0.138. The van der Waals surface area contributed by atoms with Gasteiger partial charge in [-0.25, -0.2) is 4.79 Å². The summed E-state index contributed by atoms with van der Waals surface area (Å²) < 4.78 is 5.17. The Morgan fingerprint density at radius 2 is 2.07 bits per heavy atom. The molecule has 0 fully saturated rings. The molecule has 3 N–H and O–H groups in total. The van der Waals surface area contributed by atoms with Gasteiger partial charge in [-0.3, -0.25) is 0 Å². The Bertz CT molecular complexity index is 201. The fraction of sp³-hybridized carbons (Fsp3) is 0.900. The molecule has 0 aromatic rings. The van der Waals surface area contributed by atoms with Crippen molar-refractivity contribution in [3.05, 3.63) is 0 Å². The van der Waals surface area contributed by atoms with E-state index in [9.17, 15) is 9.90 Å². The number of aliphatic hydroxyl groups excluding tert-OH is 1. The summed E-state index contributed by atoms with van der Waals surface area (Å²) in [5.74, 6) is 0. The Hall–Kier alpha value is -0.810. The van der Waals surface area contributed by atoms with E-state index < -0.39 is 17.8 Å². The molecule has 0 aromatic carbocycles. The molecule has 0 aliphatic carbocycles. The maximum Gasteiger partial charge on any atom is 0.410 e. The van der Waals surface area contributed by atoms with Crippen LogP contribution in [0.3, 0.4) is 0 Å². The van der Waals surface area contributed by atoms with Crippen LogP contribution in [0.5, 0.6) is 0 Å². The van der Waals surface area contributed by atoms with Crippen LogP contribution in [0.25, 0.3) is 0 Å². The molecule has 0 unspecified atom stereocenters. The summed E-state index contributed by atoms with van der Waals surface area (Å²) in [5.41, 5.74) is 4.76. The number of ether oxygens (including phenoxy) is 1. The summed E-state index contributed by atoms with van der Waals surface area (Å²) in [4.78, 5) is 13.0. The van der Waals surface area contributed by atoms with E-state index in [1.54, 1.807) is 20.8 Å². The summed E-state index contributed by atoms with van der Waals surface area (Å²) in [7, 11) is 0. The molecular weight excluding hydrogens is 196 g/mol. The zero-order valence-electron chi connectivity index (χ0n) is 9.99. The lowest BCUT2D eigenvalue weighted by Crippen LogP contribution is -2.42. The predicted molar refractivity (Wildman–Crippen MR) is 58.5 cm³/mol. The van der Waals surface area contributed by atoms with E-state index in [0.29, 0.717) is 6.54 Å². The van der Waals surface area contributed by atoms with Crippen molar-refractivity contribution in [1.29, 1.82) is 0 Å². The predicted octanol–water partition coefficient (Wildman–Crippen LogP) is 0.563. The van der Waals surface area contributed by atoms with Crippen LogP contribution in [-0.4, -0.2) is 47.4 Å². The van der Waals surface area contributed by atoms with E-state index in [0.717, 1.165) is 0 Å². The number of amides is 1. The lowest BCUT2D eigenvalue weighted by atomic mass is 10.2. The Labute approximate surface area is 91.2 Å². The van der Waals surface area contributed by atoms with E-state index >= 15 is 0 Å². The molecule has 0 aliphatic heterocycles. The molecule has 0 saturated heterocycles. The number of hydrogen-bond acceptors (Lipinski definition) is 4. The van der Waals surface area contributed by atoms with Gasteiger partial charge in [0, 0.05) is 13.1 Å². The first-order chi connectivity index (χ1) is 6.80. The van der Waals surface area contributed by atoms with Gasteiger partial charge in [-0.05, 0) is 27.7 Å². The van der Waals surface area contributed by atoms with Crippen molar-refractivity contribution in [3.63, 3.8) is 0 Å². The Morgan fingerprint density at radius 1 is 1.53 bits per heavy atom. The molecule has 1 atom stereocenters. The molecule has 0 aliphatic rings. The van der Waals surface area contributed by atoms with Crippen molar-refractivity contribution in [2.24, 2.45) is 5.73 Å². The lowest BCUT2D eigenvalue weighted by Gasteiger charge is -2.27. The number of hydrogen-bond donors (Lipinski definition) is 2. The smallest absolute Gasteiger partial charge is 0.410 e. The summed E-state index contributed by atoms with van der Waals surface area (Å²) in [6, 6.07) is 0. The molecule has 15 heavy (non-hydrogen) atoms. The standard InChI is InChI=1S/C10H22N2O3/c1-5-12(7-8(13)6-11)9(14)15-10(2,3)4/h8,13H,5-7,11H2,1-4H3/t8-/m1/s1. The molecule has 0 rings (SSSR count). The van der Waals surface area contributed by atoms with Gasteiger partial charge in [-0.1, -0.05) is 0 Å². The fourth-order valence-electron chi connectivity index (χ4n) is 0.988. The van der Waals surface area contributed by atoms with Gasteiger partial charge >= 0.3 is 6.09 Å². The van der Waals surface area contributed by atoms with Gasteiger partial charge < -0.3 is 20.5 Å². The SMILES string of the molecule is CCN(C[C@H](O)CN)C(=O)OC(C)(C)C. The second kappa shape index (κ2) is 5.92. The van der Waals surface area contributed by atoms with Crippen LogP contribution in [0.1, 0.15) is 27.7 Å². The van der Waals surface area contributed by atoms with Gasteiger partial charge in [0.25, 0.3) is 0 Å². The van der Waals surface area contributed by atoms with Crippen LogP contribution in [0.15, 0.2) is 0 Å².